The van der Waals surface area contributed by atoms with Gasteiger partial charge in [0.25, 0.3) is 11.8 Å². The Hall–Kier alpha value is -3.52. The molecule has 1 aliphatic heterocycles. The molecule has 2 aliphatic rings. The zero-order chi connectivity index (χ0) is 23.4. The Bertz CT molecular complexity index is 1430. The van der Waals surface area contributed by atoms with Gasteiger partial charge >= 0.3 is 0 Å². The second-order valence-electron chi connectivity index (χ2n) is 9.06. The summed E-state index contributed by atoms with van der Waals surface area (Å²) in [5, 5.41) is 4.69. The van der Waals surface area contributed by atoms with Crippen molar-refractivity contribution in [2.24, 2.45) is 11.8 Å². The SMILES string of the molecule is Cc1nc(C(=O)N2C[C@H]3C[C@H]3[C@H]2CNC(=O)c2c[nH]c3ccccc23)c(-c2cccc(F)c2)s1. The molecule has 1 aliphatic carbocycles. The number of carbonyl (C=O) groups excluding carboxylic acids is 2. The van der Waals surface area contributed by atoms with Gasteiger partial charge in [-0.2, -0.15) is 0 Å². The maximum atomic E-state index is 13.8. The number of para-hydroxylation sites is 1. The highest BCUT2D eigenvalue weighted by Gasteiger charge is 2.54. The van der Waals surface area contributed by atoms with Gasteiger partial charge in [-0.3, -0.25) is 9.59 Å². The molecule has 2 N–H and O–H groups in total. The normalized spacial score (nSPS) is 21.0. The molecule has 0 unspecified atom stereocenters. The van der Waals surface area contributed by atoms with E-state index >= 15 is 0 Å². The van der Waals surface area contributed by atoms with Gasteiger partial charge in [0, 0.05) is 30.2 Å². The third kappa shape index (κ3) is 3.58. The third-order valence-corrected chi connectivity index (χ3v) is 7.91. The van der Waals surface area contributed by atoms with Gasteiger partial charge < -0.3 is 15.2 Å². The Balaban J connectivity index is 1.23. The van der Waals surface area contributed by atoms with Gasteiger partial charge in [-0.15, -0.1) is 11.3 Å². The molecule has 6 rings (SSSR count). The number of nitrogens with zero attached hydrogens (tertiary/aromatic N) is 2. The standard InChI is InChI=1S/C26H23FN4O2S/c1-14-30-23(24(34-14)15-5-4-6-17(27)9-15)26(33)31-13-16-10-19(16)22(31)12-29-25(32)20-11-28-21-8-3-2-7-18(20)21/h2-9,11,16,19,22,28H,10,12-13H2,1H3,(H,29,32)/t16-,19-,22-/m1/s1. The third-order valence-electron chi connectivity index (χ3n) is 6.89. The van der Waals surface area contributed by atoms with E-state index in [2.05, 4.69) is 15.3 Å². The molecular formula is C26H23FN4O2S. The molecule has 8 heteroatoms. The lowest BCUT2D eigenvalue weighted by Gasteiger charge is -2.27. The molecule has 2 fully saturated rings. The smallest absolute Gasteiger partial charge is 0.274 e. The Labute approximate surface area is 199 Å². The van der Waals surface area contributed by atoms with Gasteiger partial charge in [-0.05, 0) is 48.9 Å². The number of H-pyrrole nitrogens is 1. The van der Waals surface area contributed by atoms with Gasteiger partial charge in [0.15, 0.2) is 0 Å². The summed E-state index contributed by atoms with van der Waals surface area (Å²) in [5.74, 6) is 0.212. The number of nitrogens with one attached hydrogen (secondary N) is 2. The predicted molar refractivity (Wildman–Crippen MR) is 129 cm³/mol. The van der Waals surface area contributed by atoms with Crippen LogP contribution in [-0.4, -0.2) is 45.8 Å². The van der Waals surface area contributed by atoms with Crippen LogP contribution in [0.4, 0.5) is 4.39 Å². The van der Waals surface area contributed by atoms with Gasteiger partial charge in [0.1, 0.15) is 11.5 Å². The number of amides is 2. The average molecular weight is 475 g/mol. The molecule has 1 saturated heterocycles. The first kappa shape index (κ1) is 21.0. The number of benzene rings is 2. The quantitative estimate of drug-likeness (QED) is 0.443. The summed E-state index contributed by atoms with van der Waals surface area (Å²) >= 11 is 1.40. The predicted octanol–water partition coefficient (Wildman–Crippen LogP) is 4.63. The Kier molecular flexibility index (Phi) is 4.99. The largest absolute Gasteiger partial charge is 0.360 e. The second kappa shape index (κ2) is 8.06. The van der Waals surface area contributed by atoms with Crippen molar-refractivity contribution < 1.29 is 14.0 Å². The Morgan fingerprint density at radius 1 is 1.24 bits per heavy atom. The summed E-state index contributed by atoms with van der Waals surface area (Å²) in [4.78, 5) is 36.7. The molecule has 34 heavy (non-hydrogen) atoms. The Morgan fingerprint density at radius 3 is 2.94 bits per heavy atom. The van der Waals surface area contributed by atoms with E-state index in [1.165, 1.54) is 23.5 Å². The molecule has 3 heterocycles. The summed E-state index contributed by atoms with van der Waals surface area (Å²) in [6.07, 6.45) is 2.80. The van der Waals surface area contributed by atoms with Crippen molar-refractivity contribution in [1.29, 1.82) is 0 Å². The number of carbonyl (C=O) groups is 2. The number of aromatic amines is 1. The number of halogens is 1. The minimum absolute atomic E-state index is 0.0750. The summed E-state index contributed by atoms with van der Waals surface area (Å²) in [6, 6.07) is 13.9. The van der Waals surface area contributed by atoms with E-state index in [9.17, 15) is 14.0 Å². The lowest BCUT2D eigenvalue weighted by Crippen LogP contribution is -2.45. The highest BCUT2D eigenvalue weighted by Crippen LogP contribution is 2.50. The van der Waals surface area contributed by atoms with Crippen molar-refractivity contribution in [2.75, 3.05) is 13.1 Å². The molecule has 172 valence electrons. The lowest BCUT2D eigenvalue weighted by atomic mass is 10.1. The van der Waals surface area contributed by atoms with Crippen LogP contribution in [0.2, 0.25) is 0 Å². The van der Waals surface area contributed by atoms with Crippen LogP contribution in [0.3, 0.4) is 0 Å². The zero-order valence-corrected chi connectivity index (χ0v) is 19.4. The van der Waals surface area contributed by atoms with Crippen LogP contribution >= 0.6 is 11.3 Å². The van der Waals surface area contributed by atoms with Crippen molar-refractivity contribution in [2.45, 2.75) is 19.4 Å². The minimum atomic E-state index is -0.345. The van der Waals surface area contributed by atoms with E-state index in [0.717, 1.165) is 22.3 Å². The van der Waals surface area contributed by atoms with E-state index in [4.69, 9.17) is 0 Å². The van der Waals surface area contributed by atoms with Crippen molar-refractivity contribution in [3.05, 3.63) is 76.8 Å². The van der Waals surface area contributed by atoms with E-state index in [0.29, 0.717) is 46.6 Å². The highest BCUT2D eigenvalue weighted by molar-refractivity contribution is 7.15. The van der Waals surface area contributed by atoms with Crippen LogP contribution in [0.25, 0.3) is 21.3 Å². The topological polar surface area (TPSA) is 78.1 Å². The molecule has 4 aromatic rings. The lowest BCUT2D eigenvalue weighted by molar-refractivity contribution is 0.0690. The molecule has 0 spiro atoms. The van der Waals surface area contributed by atoms with Crippen LogP contribution in [-0.2, 0) is 0 Å². The Morgan fingerprint density at radius 2 is 2.09 bits per heavy atom. The number of aromatic nitrogens is 2. The number of piperidine rings is 1. The van der Waals surface area contributed by atoms with Crippen LogP contribution in [0.5, 0.6) is 0 Å². The number of rotatable bonds is 5. The number of fused-ring (bicyclic) bond motifs is 2. The molecular weight excluding hydrogens is 451 g/mol. The van der Waals surface area contributed by atoms with Crippen LogP contribution in [0, 0.1) is 24.6 Å². The first-order chi connectivity index (χ1) is 16.5. The highest BCUT2D eigenvalue weighted by atomic mass is 32.1. The molecule has 3 atom stereocenters. The van der Waals surface area contributed by atoms with Crippen molar-refractivity contribution in [3.63, 3.8) is 0 Å². The number of thiazole rings is 1. The van der Waals surface area contributed by atoms with Crippen LogP contribution in [0.15, 0.2) is 54.7 Å². The molecule has 2 aromatic heterocycles. The van der Waals surface area contributed by atoms with Crippen LogP contribution in [0.1, 0.15) is 32.3 Å². The van der Waals surface area contributed by atoms with Crippen molar-refractivity contribution in [1.82, 2.24) is 20.2 Å². The van der Waals surface area contributed by atoms with Crippen molar-refractivity contribution in [3.8, 4) is 10.4 Å². The molecule has 0 bridgehead atoms. The summed E-state index contributed by atoms with van der Waals surface area (Å²) in [7, 11) is 0. The summed E-state index contributed by atoms with van der Waals surface area (Å²) in [6.45, 7) is 2.91. The first-order valence-electron chi connectivity index (χ1n) is 11.4. The first-order valence-corrected chi connectivity index (χ1v) is 12.2. The maximum absolute atomic E-state index is 13.8. The van der Waals surface area contributed by atoms with Crippen molar-refractivity contribution >= 4 is 34.1 Å². The minimum Gasteiger partial charge on any atom is -0.360 e. The average Bonchev–Trinajstić information content (AvgIpc) is 3.17. The monoisotopic (exact) mass is 474 g/mol. The molecule has 2 amide bonds. The van der Waals surface area contributed by atoms with Crippen LogP contribution < -0.4 is 5.32 Å². The zero-order valence-electron chi connectivity index (χ0n) is 18.5. The molecule has 0 radical (unpaired) electrons. The maximum Gasteiger partial charge on any atom is 0.274 e. The van der Waals surface area contributed by atoms with E-state index in [1.54, 1.807) is 18.3 Å². The van der Waals surface area contributed by atoms with Gasteiger partial charge in [-0.25, -0.2) is 9.37 Å². The number of hydrogen-bond donors (Lipinski definition) is 2. The number of aryl methyl sites for hydroxylation is 1. The number of likely N-dealkylation sites (tertiary alicyclic amines) is 1. The fourth-order valence-corrected chi connectivity index (χ4v) is 6.06. The molecule has 1 saturated carbocycles. The van der Waals surface area contributed by atoms with Gasteiger partial charge in [0.2, 0.25) is 0 Å². The molecule has 2 aromatic carbocycles. The van der Waals surface area contributed by atoms with E-state index in [-0.39, 0.29) is 23.7 Å². The second-order valence-corrected chi connectivity index (χ2v) is 10.3. The van der Waals surface area contributed by atoms with E-state index in [1.807, 2.05) is 36.1 Å². The van der Waals surface area contributed by atoms with Gasteiger partial charge in [-0.1, -0.05) is 30.3 Å². The number of hydrogen-bond acceptors (Lipinski definition) is 4. The summed E-state index contributed by atoms with van der Waals surface area (Å²) in [5.41, 5.74) is 2.53. The fraction of sp³-hybridized carbons (Fsp3) is 0.269. The summed E-state index contributed by atoms with van der Waals surface area (Å²) < 4.78 is 13.8. The van der Waals surface area contributed by atoms with Gasteiger partial charge in [0.05, 0.1) is 21.5 Å². The fourth-order valence-electron chi connectivity index (χ4n) is 5.15. The van der Waals surface area contributed by atoms with E-state index < -0.39 is 0 Å². The molecule has 6 nitrogen and oxygen atoms in total.